The minimum Gasteiger partial charge on any atom is -0.293 e. The zero-order chi connectivity index (χ0) is 17.5. The maximum absolute atomic E-state index is 12.0. The van der Waals surface area contributed by atoms with Crippen LogP contribution in [0.25, 0.3) is 22.4 Å². The minimum atomic E-state index is -0.126. The van der Waals surface area contributed by atoms with E-state index in [-0.39, 0.29) is 11.2 Å². The van der Waals surface area contributed by atoms with E-state index in [1.54, 1.807) is 23.3 Å². The third kappa shape index (κ3) is 3.15. The fraction of sp³-hybridized carbons (Fsp3) is 0.412. The largest absolute Gasteiger partial charge is 0.293 e. The second kappa shape index (κ2) is 5.74. The summed E-state index contributed by atoms with van der Waals surface area (Å²) in [5.74, 6) is 0.564. The molecule has 3 rings (SSSR count). The number of hydrogen-bond acceptors (Lipinski definition) is 6. The van der Waals surface area contributed by atoms with Crippen molar-refractivity contribution < 1.29 is 4.79 Å². The van der Waals surface area contributed by atoms with E-state index in [1.165, 1.54) is 6.92 Å². The number of carbonyl (C=O) groups is 1. The molecular weight excluding hydrogens is 304 g/mol. The number of aryl methyl sites for hydroxylation is 1. The van der Waals surface area contributed by atoms with E-state index < -0.39 is 0 Å². The van der Waals surface area contributed by atoms with Crippen molar-refractivity contribution in [3.05, 3.63) is 30.1 Å². The van der Waals surface area contributed by atoms with Crippen LogP contribution in [0.3, 0.4) is 0 Å². The molecule has 0 aromatic carbocycles. The van der Waals surface area contributed by atoms with Gasteiger partial charge in [0.1, 0.15) is 11.3 Å². The number of aromatic nitrogens is 6. The van der Waals surface area contributed by atoms with Crippen LogP contribution in [-0.4, -0.2) is 35.5 Å². The molecular formula is C17H20N6O. The van der Waals surface area contributed by atoms with Gasteiger partial charge in [-0.25, -0.2) is 24.6 Å². The quantitative estimate of drug-likeness (QED) is 0.689. The van der Waals surface area contributed by atoms with E-state index in [0.717, 1.165) is 5.56 Å². The van der Waals surface area contributed by atoms with Crippen molar-refractivity contribution >= 4 is 16.9 Å². The standard InChI is InChI=1S/C17H20N6O/c1-10(24)14-15-16(23(22-14)9-17(3,4)5)20-8-13(21-15)12-6-18-11(2)19-7-12/h6-8H,9H2,1-5H3. The van der Waals surface area contributed by atoms with Gasteiger partial charge in [-0.15, -0.1) is 0 Å². The highest BCUT2D eigenvalue weighted by molar-refractivity contribution is 6.02. The van der Waals surface area contributed by atoms with Crippen molar-refractivity contribution in [2.75, 3.05) is 0 Å². The summed E-state index contributed by atoms with van der Waals surface area (Å²) in [6.45, 7) is 10.3. The third-order valence-corrected chi connectivity index (χ3v) is 3.48. The van der Waals surface area contributed by atoms with E-state index in [0.29, 0.717) is 34.9 Å². The highest BCUT2D eigenvalue weighted by Crippen LogP contribution is 2.24. The summed E-state index contributed by atoms with van der Waals surface area (Å²) in [7, 11) is 0. The number of rotatable bonds is 3. The summed E-state index contributed by atoms with van der Waals surface area (Å²) in [5.41, 5.74) is 2.87. The van der Waals surface area contributed by atoms with E-state index >= 15 is 0 Å². The van der Waals surface area contributed by atoms with Crippen molar-refractivity contribution in [1.29, 1.82) is 0 Å². The summed E-state index contributed by atoms with van der Waals surface area (Å²) in [5, 5.41) is 4.43. The zero-order valence-corrected chi connectivity index (χ0v) is 14.5. The lowest BCUT2D eigenvalue weighted by molar-refractivity contribution is 0.101. The lowest BCUT2D eigenvalue weighted by Crippen LogP contribution is -2.17. The Kier molecular flexibility index (Phi) is 3.87. The Balaban J connectivity index is 2.16. The summed E-state index contributed by atoms with van der Waals surface area (Å²) in [4.78, 5) is 29.4. The van der Waals surface area contributed by atoms with E-state index in [4.69, 9.17) is 0 Å². The van der Waals surface area contributed by atoms with Gasteiger partial charge in [0.2, 0.25) is 0 Å². The average Bonchev–Trinajstić information content (AvgIpc) is 2.84. The first-order valence-electron chi connectivity index (χ1n) is 7.78. The number of carbonyl (C=O) groups excluding carboxylic acids is 1. The molecule has 0 aliphatic carbocycles. The number of ketones is 1. The molecule has 0 atom stereocenters. The maximum atomic E-state index is 12.0. The van der Waals surface area contributed by atoms with Crippen molar-refractivity contribution in [3.8, 4) is 11.3 Å². The lowest BCUT2D eigenvalue weighted by atomic mass is 9.97. The van der Waals surface area contributed by atoms with Crippen LogP contribution in [0, 0.1) is 12.3 Å². The van der Waals surface area contributed by atoms with Gasteiger partial charge >= 0.3 is 0 Å². The number of fused-ring (bicyclic) bond motifs is 1. The summed E-state index contributed by atoms with van der Waals surface area (Å²) >= 11 is 0. The summed E-state index contributed by atoms with van der Waals surface area (Å²) in [6, 6.07) is 0. The zero-order valence-electron chi connectivity index (χ0n) is 14.5. The van der Waals surface area contributed by atoms with Gasteiger partial charge in [0, 0.05) is 31.4 Å². The van der Waals surface area contributed by atoms with Crippen molar-refractivity contribution in [1.82, 2.24) is 29.7 Å². The Hall–Kier alpha value is -2.70. The lowest BCUT2D eigenvalue weighted by Gasteiger charge is -2.17. The van der Waals surface area contributed by atoms with Crippen molar-refractivity contribution in [2.45, 2.75) is 41.2 Å². The van der Waals surface area contributed by atoms with E-state index in [2.05, 4.69) is 45.8 Å². The normalized spacial score (nSPS) is 11.9. The van der Waals surface area contributed by atoms with Crippen LogP contribution >= 0.6 is 0 Å². The molecule has 0 radical (unpaired) electrons. The topological polar surface area (TPSA) is 86.5 Å². The summed E-state index contributed by atoms with van der Waals surface area (Å²) < 4.78 is 1.76. The Morgan fingerprint density at radius 1 is 1.12 bits per heavy atom. The average molecular weight is 324 g/mol. The van der Waals surface area contributed by atoms with Crippen LogP contribution in [0.1, 0.15) is 44.0 Å². The monoisotopic (exact) mass is 324 g/mol. The van der Waals surface area contributed by atoms with Crippen molar-refractivity contribution in [2.24, 2.45) is 5.41 Å². The Bertz CT molecular complexity index is 905. The van der Waals surface area contributed by atoms with Crippen LogP contribution in [0.15, 0.2) is 18.6 Å². The fourth-order valence-electron chi connectivity index (χ4n) is 2.41. The maximum Gasteiger partial charge on any atom is 0.182 e. The molecule has 0 saturated heterocycles. The second-order valence-corrected chi connectivity index (χ2v) is 7.07. The van der Waals surface area contributed by atoms with Gasteiger partial charge in [-0.3, -0.25) is 4.79 Å². The van der Waals surface area contributed by atoms with Crippen LogP contribution in [0.5, 0.6) is 0 Å². The Morgan fingerprint density at radius 3 is 2.38 bits per heavy atom. The molecule has 0 spiro atoms. The predicted molar refractivity (Wildman–Crippen MR) is 90.5 cm³/mol. The number of nitrogens with zero attached hydrogens (tertiary/aromatic N) is 6. The first-order chi connectivity index (χ1) is 11.2. The van der Waals surface area contributed by atoms with E-state index in [1.807, 2.05) is 6.92 Å². The molecule has 7 nitrogen and oxygen atoms in total. The SMILES string of the molecule is CC(=O)c1nn(CC(C)(C)C)c2ncc(-c3cnc(C)nc3)nc12. The molecule has 0 amide bonds. The molecule has 0 fully saturated rings. The fourth-order valence-corrected chi connectivity index (χ4v) is 2.41. The molecule has 0 bridgehead atoms. The van der Waals surface area contributed by atoms with Crippen molar-refractivity contribution in [3.63, 3.8) is 0 Å². The van der Waals surface area contributed by atoms with Crippen LogP contribution in [0.4, 0.5) is 0 Å². The molecule has 0 aliphatic rings. The molecule has 0 saturated carbocycles. The molecule has 0 N–H and O–H groups in total. The molecule has 3 heterocycles. The van der Waals surface area contributed by atoms with Gasteiger partial charge in [0.15, 0.2) is 17.1 Å². The molecule has 3 aromatic rings. The van der Waals surface area contributed by atoms with Gasteiger partial charge < -0.3 is 0 Å². The summed E-state index contributed by atoms with van der Waals surface area (Å²) in [6.07, 6.45) is 5.07. The van der Waals surface area contributed by atoms with Gasteiger partial charge in [0.05, 0.1) is 11.9 Å². The van der Waals surface area contributed by atoms with Crippen LogP contribution in [-0.2, 0) is 6.54 Å². The second-order valence-electron chi connectivity index (χ2n) is 7.07. The predicted octanol–water partition coefficient (Wildman–Crippen LogP) is 2.84. The first-order valence-corrected chi connectivity index (χ1v) is 7.78. The van der Waals surface area contributed by atoms with Gasteiger partial charge in [-0.05, 0) is 12.3 Å². The first kappa shape index (κ1) is 16.2. The Morgan fingerprint density at radius 2 is 1.79 bits per heavy atom. The Labute approximate surface area is 140 Å². The minimum absolute atomic E-state index is 0.0121. The smallest absolute Gasteiger partial charge is 0.182 e. The number of Topliss-reactive ketones (excluding diaryl/α,β-unsaturated/α-hetero) is 1. The van der Waals surface area contributed by atoms with Crippen LogP contribution in [0.2, 0.25) is 0 Å². The molecule has 3 aromatic heterocycles. The van der Waals surface area contributed by atoms with Gasteiger partial charge in [0.25, 0.3) is 0 Å². The highest BCUT2D eigenvalue weighted by atomic mass is 16.1. The molecule has 0 unspecified atom stereocenters. The third-order valence-electron chi connectivity index (χ3n) is 3.48. The van der Waals surface area contributed by atoms with Crippen LogP contribution < -0.4 is 0 Å². The number of hydrogen-bond donors (Lipinski definition) is 0. The molecule has 7 heteroatoms. The van der Waals surface area contributed by atoms with Gasteiger partial charge in [-0.1, -0.05) is 20.8 Å². The molecule has 24 heavy (non-hydrogen) atoms. The van der Waals surface area contributed by atoms with E-state index in [9.17, 15) is 4.79 Å². The molecule has 124 valence electrons. The van der Waals surface area contributed by atoms with Gasteiger partial charge in [-0.2, -0.15) is 5.10 Å². The highest BCUT2D eigenvalue weighted by Gasteiger charge is 2.21. The molecule has 0 aliphatic heterocycles.